The van der Waals surface area contributed by atoms with E-state index in [0.717, 1.165) is 18.5 Å². The number of benzene rings is 1. The molecular formula is C17H24FN. The molecule has 2 aliphatic rings. The van der Waals surface area contributed by atoms with E-state index in [-0.39, 0.29) is 11.2 Å². The Hall–Kier alpha value is -0.890. The van der Waals surface area contributed by atoms with Crippen LogP contribution < -0.4 is 5.32 Å². The van der Waals surface area contributed by atoms with Gasteiger partial charge in [0.05, 0.1) is 0 Å². The standard InChI is InChI=1S/C17H24FN/c1-13-7-9-17(10-8-13,12-19-16-5-6-16)14-3-2-4-15(18)11-14/h2-4,11,13,16,19H,5-10,12H2,1H3. The lowest BCUT2D eigenvalue weighted by molar-refractivity contribution is 0.232. The molecule has 2 fully saturated rings. The quantitative estimate of drug-likeness (QED) is 0.863. The minimum atomic E-state index is -0.0954. The maximum absolute atomic E-state index is 13.6. The Kier molecular flexibility index (Phi) is 3.62. The zero-order valence-corrected chi connectivity index (χ0v) is 11.8. The van der Waals surface area contributed by atoms with E-state index in [2.05, 4.69) is 18.3 Å². The molecule has 0 amide bonds. The van der Waals surface area contributed by atoms with E-state index in [1.165, 1.54) is 44.1 Å². The summed E-state index contributed by atoms with van der Waals surface area (Å²) < 4.78 is 13.6. The minimum Gasteiger partial charge on any atom is -0.313 e. The highest BCUT2D eigenvalue weighted by atomic mass is 19.1. The van der Waals surface area contributed by atoms with Crippen molar-refractivity contribution in [3.05, 3.63) is 35.6 Å². The molecule has 0 aliphatic heterocycles. The molecule has 19 heavy (non-hydrogen) atoms. The van der Waals surface area contributed by atoms with Gasteiger partial charge in [0.2, 0.25) is 0 Å². The highest BCUT2D eigenvalue weighted by Gasteiger charge is 2.37. The predicted molar refractivity (Wildman–Crippen MR) is 76.7 cm³/mol. The lowest BCUT2D eigenvalue weighted by Gasteiger charge is -2.40. The topological polar surface area (TPSA) is 12.0 Å². The molecule has 0 bridgehead atoms. The monoisotopic (exact) mass is 261 g/mol. The smallest absolute Gasteiger partial charge is 0.123 e. The zero-order chi connectivity index (χ0) is 13.3. The van der Waals surface area contributed by atoms with E-state index in [1.807, 2.05) is 6.07 Å². The number of rotatable bonds is 4. The molecule has 2 saturated carbocycles. The van der Waals surface area contributed by atoms with E-state index in [1.54, 1.807) is 12.1 Å². The molecule has 2 aliphatic carbocycles. The van der Waals surface area contributed by atoms with Crippen molar-refractivity contribution in [2.75, 3.05) is 6.54 Å². The van der Waals surface area contributed by atoms with Crippen LogP contribution in [0.2, 0.25) is 0 Å². The second kappa shape index (κ2) is 5.24. The molecule has 1 aromatic rings. The van der Waals surface area contributed by atoms with Crippen molar-refractivity contribution < 1.29 is 4.39 Å². The van der Waals surface area contributed by atoms with Gasteiger partial charge in [-0.25, -0.2) is 4.39 Å². The number of nitrogens with one attached hydrogen (secondary N) is 1. The van der Waals surface area contributed by atoms with E-state index in [9.17, 15) is 4.39 Å². The van der Waals surface area contributed by atoms with Gasteiger partial charge in [0.1, 0.15) is 5.82 Å². The maximum Gasteiger partial charge on any atom is 0.123 e. The van der Waals surface area contributed by atoms with Gasteiger partial charge in [0.25, 0.3) is 0 Å². The average Bonchev–Trinajstić information content (AvgIpc) is 3.23. The van der Waals surface area contributed by atoms with Crippen LogP contribution in [0.5, 0.6) is 0 Å². The van der Waals surface area contributed by atoms with Crippen LogP contribution in [0.4, 0.5) is 4.39 Å². The van der Waals surface area contributed by atoms with Gasteiger partial charge in [-0.3, -0.25) is 0 Å². The Labute approximate surface area is 115 Å². The molecule has 0 radical (unpaired) electrons. The summed E-state index contributed by atoms with van der Waals surface area (Å²) in [6.45, 7) is 3.36. The molecule has 1 N–H and O–H groups in total. The first-order valence-corrected chi connectivity index (χ1v) is 7.67. The van der Waals surface area contributed by atoms with Crippen molar-refractivity contribution >= 4 is 0 Å². The Morgan fingerprint density at radius 3 is 2.58 bits per heavy atom. The minimum absolute atomic E-state index is 0.0954. The van der Waals surface area contributed by atoms with Crippen molar-refractivity contribution in [2.24, 2.45) is 5.92 Å². The lowest BCUT2D eigenvalue weighted by atomic mass is 9.67. The van der Waals surface area contributed by atoms with E-state index in [0.29, 0.717) is 0 Å². The van der Waals surface area contributed by atoms with Crippen molar-refractivity contribution in [3.63, 3.8) is 0 Å². The summed E-state index contributed by atoms with van der Waals surface area (Å²) >= 11 is 0. The number of hydrogen-bond acceptors (Lipinski definition) is 1. The van der Waals surface area contributed by atoms with Gasteiger partial charge >= 0.3 is 0 Å². The van der Waals surface area contributed by atoms with Gasteiger partial charge < -0.3 is 5.32 Å². The van der Waals surface area contributed by atoms with Crippen LogP contribution in [0.25, 0.3) is 0 Å². The van der Waals surface area contributed by atoms with Crippen LogP contribution in [-0.2, 0) is 5.41 Å². The average molecular weight is 261 g/mol. The van der Waals surface area contributed by atoms with E-state index >= 15 is 0 Å². The normalized spacial score (nSPS) is 31.4. The Morgan fingerprint density at radius 2 is 1.95 bits per heavy atom. The van der Waals surface area contributed by atoms with Gasteiger partial charge in [-0.1, -0.05) is 19.1 Å². The number of halogens is 1. The molecule has 1 aromatic carbocycles. The second-order valence-corrected chi connectivity index (χ2v) is 6.63. The van der Waals surface area contributed by atoms with Crippen molar-refractivity contribution in [1.82, 2.24) is 5.32 Å². The van der Waals surface area contributed by atoms with Gasteiger partial charge in [-0.2, -0.15) is 0 Å². The summed E-state index contributed by atoms with van der Waals surface area (Å²) in [6, 6.07) is 8.02. The Balaban J connectivity index is 1.81. The van der Waals surface area contributed by atoms with Crippen LogP contribution in [0.15, 0.2) is 24.3 Å². The van der Waals surface area contributed by atoms with Crippen LogP contribution in [0.1, 0.15) is 51.0 Å². The molecule has 2 heteroatoms. The van der Waals surface area contributed by atoms with Crippen molar-refractivity contribution in [3.8, 4) is 0 Å². The summed E-state index contributed by atoms with van der Waals surface area (Å²) in [7, 11) is 0. The SMILES string of the molecule is CC1CCC(CNC2CC2)(c2cccc(F)c2)CC1. The van der Waals surface area contributed by atoms with Crippen molar-refractivity contribution in [1.29, 1.82) is 0 Å². The molecule has 0 aromatic heterocycles. The fraction of sp³-hybridized carbons (Fsp3) is 0.647. The molecule has 0 atom stereocenters. The maximum atomic E-state index is 13.6. The second-order valence-electron chi connectivity index (χ2n) is 6.63. The molecule has 0 spiro atoms. The molecule has 0 unspecified atom stereocenters. The van der Waals surface area contributed by atoms with Crippen LogP contribution in [-0.4, -0.2) is 12.6 Å². The van der Waals surface area contributed by atoms with Gasteiger partial charge in [0.15, 0.2) is 0 Å². The summed E-state index contributed by atoms with van der Waals surface area (Å²) in [4.78, 5) is 0. The Bertz CT molecular complexity index is 431. The first kappa shape index (κ1) is 13.1. The summed E-state index contributed by atoms with van der Waals surface area (Å²) in [5.74, 6) is 0.726. The van der Waals surface area contributed by atoms with Crippen molar-refractivity contribution in [2.45, 2.75) is 56.9 Å². The summed E-state index contributed by atoms with van der Waals surface area (Å²) in [5, 5.41) is 3.68. The van der Waals surface area contributed by atoms with Crippen LogP contribution in [0, 0.1) is 11.7 Å². The molecule has 3 rings (SSSR count). The lowest BCUT2D eigenvalue weighted by Crippen LogP contribution is -2.42. The van der Waals surface area contributed by atoms with Gasteiger partial charge in [0, 0.05) is 18.0 Å². The molecule has 104 valence electrons. The third-order valence-corrected chi connectivity index (χ3v) is 4.97. The number of hydrogen-bond donors (Lipinski definition) is 1. The highest BCUT2D eigenvalue weighted by molar-refractivity contribution is 5.27. The first-order valence-electron chi connectivity index (χ1n) is 7.67. The van der Waals surface area contributed by atoms with Crippen LogP contribution >= 0.6 is 0 Å². The molecule has 1 nitrogen and oxygen atoms in total. The zero-order valence-electron chi connectivity index (χ0n) is 11.8. The van der Waals surface area contributed by atoms with Crippen LogP contribution in [0.3, 0.4) is 0 Å². The highest BCUT2D eigenvalue weighted by Crippen LogP contribution is 2.41. The van der Waals surface area contributed by atoms with E-state index in [4.69, 9.17) is 0 Å². The van der Waals surface area contributed by atoms with E-state index < -0.39 is 0 Å². The predicted octanol–water partition coefficient (Wildman–Crippen LogP) is 4.03. The Morgan fingerprint density at radius 1 is 1.21 bits per heavy atom. The first-order chi connectivity index (χ1) is 9.18. The molecule has 0 saturated heterocycles. The fourth-order valence-corrected chi connectivity index (χ4v) is 3.33. The third-order valence-electron chi connectivity index (χ3n) is 4.97. The summed E-state index contributed by atoms with van der Waals surface area (Å²) in [5.41, 5.74) is 1.37. The van der Waals surface area contributed by atoms with Gasteiger partial charge in [-0.05, 0) is 62.1 Å². The largest absolute Gasteiger partial charge is 0.313 e. The summed E-state index contributed by atoms with van der Waals surface area (Å²) in [6.07, 6.45) is 7.55. The van der Waals surface area contributed by atoms with Gasteiger partial charge in [-0.15, -0.1) is 0 Å². The third kappa shape index (κ3) is 3.00. The molecular weight excluding hydrogens is 237 g/mol. The molecule has 0 heterocycles. The fourth-order valence-electron chi connectivity index (χ4n) is 3.33.